The maximum absolute atomic E-state index is 9.49. The van der Waals surface area contributed by atoms with Gasteiger partial charge in [0.1, 0.15) is 11.7 Å². The van der Waals surface area contributed by atoms with Crippen molar-refractivity contribution in [2.75, 3.05) is 31.2 Å². The van der Waals surface area contributed by atoms with Gasteiger partial charge in [0.05, 0.1) is 6.61 Å². The highest BCUT2D eigenvalue weighted by Crippen LogP contribution is 2.35. The van der Waals surface area contributed by atoms with Crippen molar-refractivity contribution in [3.8, 4) is 6.07 Å². The van der Waals surface area contributed by atoms with Crippen LogP contribution in [0.5, 0.6) is 0 Å². The molecule has 2 fully saturated rings. The van der Waals surface area contributed by atoms with E-state index in [1.807, 2.05) is 28.8 Å². The van der Waals surface area contributed by atoms with Gasteiger partial charge in [-0.2, -0.15) is 5.26 Å². The van der Waals surface area contributed by atoms with Crippen LogP contribution in [-0.4, -0.2) is 41.2 Å². The summed E-state index contributed by atoms with van der Waals surface area (Å²) >= 11 is 0. The molecule has 2 aliphatic heterocycles. The van der Waals surface area contributed by atoms with E-state index in [4.69, 9.17) is 10.5 Å². The standard InChI is InChI=1S/C15H17N5O/c16-7-12-14(18-13-3-1-2-5-20(12)13)19-8-11-9-21-6-4-15(11,17)10-19/h1-3,5,11H,4,6,8-10,17H2/t11-,15+/m0/s1. The van der Waals surface area contributed by atoms with Crippen molar-refractivity contribution in [1.29, 1.82) is 5.26 Å². The van der Waals surface area contributed by atoms with E-state index < -0.39 is 0 Å². The molecule has 2 atom stereocenters. The maximum atomic E-state index is 9.49. The van der Waals surface area contributed by atoms with Gasteiger partial charge >= 0.3 is 0 Å². The molecule has 108 valence electrons. The van der Waals surface area contributed by atoms with Crippen molar-refractivity contribution in [1.82, 2.24) is 9.38 Å². The Morgan fingerprint density at radius 3 is 3.19 bits per heavy atom. The molecule has 2 saturated heterocycles. The molecule has 0 saturated carbocycles. The predicted octanol–water partition coefficient (Wildman–Crippen LogP) is 0.760. The van der Waals surface area contributed by atoms with E-state index in [-0.39, 0.29) is 5.54 Å². The van der Waals surface area contributed by atoms with Crippen LogP contribution in [0.3, 0.4) is 0 Å². The smallest absolute Gasteiger partial charge is 0.169 e. The molecule has 4 heterocycles. The maximum Gasteiger partial charge on any atom is 0.169 e. The van der Waals surface area contributed by atoms with E-state index in [9.17, 15) is 5.26 Å². The van der Waals surface area contributed by atoms with Crippen LogP contribution in [0.15, 0.2) is 24.4 Å². The van der Waals surface area contributed by atoms with Gasteiger partial charge in [0.2, 0.25) is 0 Å². The van der Waals surface area contributed by atoms with Crippen LogP contribution in [0, 0.1) is 17.2 Å². The monoisotopic (exact) mass is 283 g/mol. The second kappa shape index (κ2) is 4.45. The average Bonchev–Trinajstić information content (AvgIpc) is 3.03. The van der Waals surface area contributed by atoms with Gasteiger partial charge in [-0.3, -0.25) is 4.40 Å². The first kappa shape index (κ1) is 12.6. The summed E-state index contributed by atoms with van der Waals surface area (Å²) in [4.78, 5) is 6.77. The van der Waals surface area contributed by atoms with Crippen LogP contribution in [0.4, 0.5) is 5.82 Å². The number of nitrogens with zero attached hydrogens (tertiary/aromatic N) is 4. The van der Waals surface area contributed by atoms with Crippen LogP contribution in [0.1, 0.15) is 12.1 Å². The van der Waals surface area contributed by atoms with Crippen molar-refractivity contribution in [2.24, 2.45) is 11.7 Å². The fourth-order valence-electron chi connectivity index (χ4n) is 3.46. The van der Waals surface area contributed by atoms with Crippen LogP contribution in [0.2, 0.25) is 0 Å². The van der Waals surface area contributed by atoms with Gasteiger partial charge in [0, 0.05) is 37.4 Å². The van der Waals surface area contributed by atoms with Crippen molar-refractivity contribution >= 4 is 11.5 Å². The lowest BCUT2D eigenvalue weighted by molar-refractivity contribution is 0.0241. The third kappa shape index (κ3) is 1.82. The summed E-state index contributed by atoms with van der Waals surface area (Å²) in [7, 11) is 0. The molecular formula is C15H17N5O. The molecule has 21 heavy (non-hydrogen) atoms. The first-order valence-corrected chi connectivity index (χ1v) is 7.20. The number of imidazole rings is 1. The molecular weight excluding hydrogens is 266 g/mol. The Bertz CT molecular complexity index is 733. The molecule has 0 radical (unpaired) electrons. The molecule has 0 aromatic carbocycles. The number of hydrogen-bond acceptors (Lipinski definition) is 5. The molecule has 6 heteroatoms. The highest BCUT2D eigenvalue weighted by Gasteiger charge is 2.46. The molecule has 2 N–H and O–H groups in total. The number of pyridine rings is 1. The average molecular weight is 283 g/mol. The minimum atomic E-state index is -0.221. The van der Waals surface area contributed by atoms with Gasteiger partial charge in [-0.05, 0) is 18.6 Å². The number of hydrogen-bond donors (Lipinski definition) is 1. The molecule has 0 bridgehead atoms. The molecule has 0 unspecified atom stereocenters. The highest BCUT2D eigenvalue weighted by molar-refractivity contribution is 5.61. The van der Waals surface area contributed by atoms with Gasteiger partial charge in [0.25, 0.3) is 0 Å². The van der Waals surface area contributed by atoms with Gasteiger partial charge in [0.15, 0.2) is 11.5 Å². The molecule has 2 aromatic heterocycles. The van der Waals surface area contributed by atoms with Gasteiger partial charge in [-0.25, -0.2) is 4.98 Å². The molecule has 0 aliphatic carbocycles. The lowest BCUT2D eigenvalue weighted by Crippen LogP contribution is -2.52. The van der Waals surface area contributed by atoms with E-state index in [0.29, 0.717) is 18.2 Å². The van der Waals surface area contributed by atoms with E-state index in [2.05, 4.69) is 16.0 Å². The first-order valence-electron chi connectivity index (χ1n) is 7.20. The van der Waals surface area contributed by atoms with Crippen LogP contribution in [-0.2, 0) is 4.74 Å². The summed E-state index contributed by atoms with van der Waals surface area (Å²) in [5.74, 6) is 1.05. The summed E-state index contributed by atoms with van der Waals surface area (Å²) in [6.07, 6.45) is 2.73. The second-order valence-corrected chi connectivity index (χ2v) is 5.96. The third-order valence-corrected chi connectivity index (χ3v) is 4.69. The molecule has 2 aromatic rings. The Labute approximate surface area is 122 Å². The Kier molecular flexibility index (Phi) is 2.67. The number of aromatic nitrogens is 2. The topological polar surface area (TPSA) is 79.6 Å². The quantitative estimate of drug-likeness (QED) is 0.836. The fourth-order valence-corrected chi connectivity index (χ4v) is 3.46. The Hall–Kier alpha value is -2.10. The molecule has 2 aliphatic rings. The zero-order valence-electron chi connectivity index (χ0n) is 11.7. The van der Waals surface area contributed by atoms with Crippen molar-refractivity contribution in [3.63, 3.8) is 0 Å². The number of nitrogens with two attached hydrogens (primary N) is 1. The normalized spacial score (nSPS) is 28.6. The molecule has 0 spiro atoms. The summed E-state index contributed by atoms with van der Waals surface area (Å²) in [6, 6.07) is 8.02. The predicted molar refractivity (Wildman–Crippen MR) is 78.0 cm³/mol. The van der Waals surface area contributed by atoms with E-state index in [1.165, 1.54) is 0 Å². The van der Waals surface area contributed by atoms with Crippen LogP contribution in [0.25, 0.3) is 5.65 Å². The number of fused-ring (bicyclic) bond motifs is 2. The number of nitriles is 1. The van der Waals surface area contributed by atoms with E-state index >= 15 is 0 Å². The fraction of sp³-hybridized carbons (Fsp3) is 0.467. The molecule has 6 nitrogen and oxygen atoms in total. The first-order chi connectivity index (χ1) is 10.2. The SMILES string of the molecule is N#Cc1c(N2C[C@H]3COCC[C@@]3(N)C2)nc2ccccn12. The highest BCUT2D eigenvalue weighted by atomic mass is 16.5. The van der Waals surface area contributed by atoms with Gasteiger partial charge in [-0.1, -0.05) is 6.07 Å². The summed E-state index contributed by atoms with van der Waals surface area (Å²) in [5, 5.41) is 9.49. The minimum absolute atomic E-state index is 0.221. The van der Waals surface area contributed by atoms with Crippen LogP contribution >= 0.6 is 0 Å². The number of ether oxygens (including phenoxy) is 1. The van der Waals surface area contributed by atoms with Crippen molar-refractivity contribution < 1.29 is 4.74 Å². The van der Waals surface area contributed by atoms with Crippen LogP contribution < -0.4 is 10.6 Å². The largest absolute Gasteiger partial charge is 0.381 e. The molecule has 0 amide bonds. The Balaban J connectivity index is 1.76. The Morgan fingerprint density at radius 2 is 2.38 bits per heavy atom. The van der Waals surface area contributed by atoms with Gasteiger partial charge in [-0.15, -0.1) is 0 Å². The summed E-state index contributed by atoms with van der Waals surface area (Å²) in [5.41, 5.74) is 7.69. The lowest BCUT2D eigenvalue weighted by Gasteiger charge is -2.34. The number of rotatable bonds is 1. The Morgan fingerprint density at radius 1 is 1.48 bits per heavy atom. The number of anilines is 1. The van der Waals surface area contributed by atoms with E-state index in [1.54, 1.807) is 0 Å². The molecule has 4 rings (SSSR count). The minimum Gasteiger partial charge on any atom is -0.381 e. The summed E-state index contributed by atoms with van der Waals surface area (Å²) < 4.78 is 7.38. The van der Waals surface area contributed by atoms with Crippen molar-refractivity contribution in [2.45, 2.75) is 12.0 Å². The van der Waals surface area contributed by atoms with E-state index in [0.717, 1.165) is 37.6 Å². The lowest BCUT2D eigenvalue weighted by atomic mass is 9.84. The van der Waals surface area contributed by atoms with Crippen molar-refractivity contribution in [3.05, 3.63) is 30.1 Å². The second-order valence-electron chi connectivity index (χ2n) is 5.96. The third-order valence-electron chi connectivity index (χ3n) is 4.69. The summed E-state index contributed by atoms with van der Waals surface area (Å²) in [6.45, 7) is 2.95. The van der Waals surface area contributed by atoms with Gasteiger partial charge < -0.3 is 15.4 Å². The zero-order valence-corrected chi connectivity index (χ0v) is 11.7. The zero-order chi connectivity index (χ0) is 14.4.